The minimum atomic E-state index is -2.39. The van der Waals surface area contributed by atoms with E-state index in [0.29, 0.717) is 5.06 Å². The molecule has 34 heavy (non-hydrogen) atoms. The van der Waals surface area contributed by atoms with Gasteiger partial charge in [-0.2, -0.15) is 0 Å². The van der Waals surface area contributed by atoms with Crippen LogP contribution in [-0.4, -0.2) is 28.8 Å². The van der Waals surface area contributed by atoms with Gasteiger partial charge in [0, 0.05) is 17.2 Å². The number of Topliss-reactive ketones (excluding diaryl/α,β-unsaturated/α-hetero) is 1. The van der Waals surface area contributed by atoms with Gasteiger partial charge in [0.05, 0.1) is 17.6 Å². The number of carbonyl (C=O) groups is 2. The first-order valence-corrected chi connectivity index (χ1v) is 11.4. The van der Waals surface area contributed by atoms with Gasteiger partial charge in [0.15, 0.2) is 5.06 Å². The molecule has 0 bridgehead atoms. The zero-order valence-corrected chi connectivity index (χ0v) is 19.3. The van der Waals surface area contributed by atoms with Crippen LogP contribution in [0.25, 0.3) is 0 Å². The first-order chi connectivity index (χ1) is 16.2. The maximum absolute atomic E-state index is 14.0. The molecule has 0 saturated heterocycles. The van der Waals surface area contributed by atoms with Gasteiger partial charge in [-0.25, -0.2) is 0 Å². The summed E-state index contributed by atoms with van der Waals surface area (Å²) in [5.41, 5.74) is -1.70. The van der Waals surface area contributed by atoms with Crippen molar-refractivity contribution in [1.82, 2.24) is 5.32 Å². The van der Waals surface area contributed by atoms with Crippen molar-refractivity contribution in [3.05, 3.63) is 85.8 Å². The Hall–Kier alpha value is -3.76. The Morgan fingerprint density at radius 3 is 2.68 bits per heavy atom. The number of nitrogens with zero attached hydrogens (tertiary/aromatic N) is 1. The maximum atomic E-state index is 14.0. The van der Waals surface area contributed by atoms with Crippen molar-refractivity contribution in [2.24, 2.45) is 0 Å². The molecule has 10 heteroatoms. The third-order valence-electron chi connectivity index (χ3n) is 6.37. The van der Waals surface area contributed by atoms with Gasteiger partial charge in [-0.15, -0.1) is 11.3 Å². The van der Waals surface area contributed by atoms with E-state index in [2.05, 4.69) is 5.32 Å². The molecule has 2 aromatic carbocycles. The lowest BCUT2D eigenvalue weighted by molar-refractivity contribution is -0.385. The van der Waals surface area contributed by atoms with Gasteiger partial charge in [0.25, 0.3) is 17.4 Å². The quantitative estimate of drug-likeness (QED) is 0.419. The number of rotatable bonds is 5. The molecule has 2 N–H and O–H groups in total. The number of hydrogen-bond donors (Lipinski definition) is 2. The molecule has 2 atom stereocenters. The standard InChI is InChI=1S/C24H20N2O7S/c1-12(2)13-7-8-15-18(11-13)33-24(29)16-5-4-6-17(26(30)31)19(16)20(27)23(15,24)25-21(28)14-9-10-34-22(14)32-3/h4-12,29H,1-3H3,(H,25,28). The average molecular weight is 480 g/mol. The summed E-state index contributed by atoms with van der Waals surface area (Å²) in [5.74, 6) is -3.55. The van der Waals surface area contributed by atoms with Crippen LogP contribution in [0.3, 0.4) is 0 Å². The number of benzene rings is 2. The number of fused-ring (bicyclic) bond motifs is 5. The molecular weight excluding hydrogens is 460 g/mol. The molecule has 1 amide bonds. The molecule has 1 aromatic heterocycles. The molecule has 5 rings (SSSR count). The normalized spacial score (nSPS) is 22.1. The summed E-state index contributed by atoms with van der Waals surface area (Å²) >= 11 is 1.19. The van der Waals surface area contributed by atoms with Crippen LogP contribution in [0.15, 0.2) is 47.8 Å². The van der Waals surface area contributed by atoms with Gasteiger partial charge in [-0.1, -0.05) is 38.1 Å². The van der Waals surface area contributed by atoms with Crippen molar-refractivity contribution in [3.8, 4) is 10.8 Å². The fraction of sp³-hybridized carbons (Fsp3) is 0.250. The number of aliphatic hydroxyl groups is 1. The van der Waals surface area contributed by atoms with Crippen LogP contribution < -0.4 is 14.8 Å². The molecule has 3 aromatic rings. The minimum absolute atomic E-state index is 0.0772. The van der Waals surface area contributed by atoms with Crippen LogP contribution in [0.5, 0.6) is 10.8 Å². The molecule has 9 nitrogen and oxygen atoms in total. The number of nitro groups is 1. The monoisotopic (exact) mass is 480 g/mol. The van der Waals surface area contributed by atoms with Crippen molar-refractivity contribution in [3.63, 3.8) is 0 Å². The molecule has 2 heterocycles. The number of thiophene rings is 1. The largest absolute Gasteiger partial charge is 0.487 e. The Balaban J connectivity index is 1.76. The maximum Gasteiger partial charge on any atom is 0.280 e. The van der Waals surface area contributed by atoms with Crippen LogP contribution in [0.4, 0.5) is 5.69 Å². The van der Waals surface area contributed by atoms with Crippen molar-refractivity contribution in [2.75, 3.05) is 7.11 Å². The van der Waals surface area contributed by atoms with E-state index in [9.17, 15) is 24.8 Å². The summed E-state index contributed by atoms with van der Waals surface area (Å²) < 4.78 is 11.2. The molecule has 0 radical (unpaired) electrons. The van der Waals surface area contributed by atoms with Crippen LogP contribution in [0, 0.1) is 10.1 Å². The number of amides is 1. The Morgan fingerprint density at radius 1 is 1.24 bits per heavy atom. The Labute approximate surface area is 198 Å². The zero-order chi connectivity index (χ0) is 24.4. The van der Waals surface area contributed by atoms with Gasteiger partial charge in [-0.05, 0) is 29.0 Å². The first-order valence-electron chi connectivity index (χ1n) is 10.5. The lowest BCUT2D eigenvalue weighted by Gasteiger charge is -2.34. The predicted molar refractivity (Wildman–Crippen MR) is 122 cm³/mol. The lowest BCUT2D eigenvalue weighted by atomic mass is 9.82. The topological polar surface area (TPSA) is 128 Å². The fourth-order valence-corrected chi connectivity index (χ4v) is 5.42. The van der Waals surface area contributed by atoms with Crippen molar-refractivity contribution in [2.45, 2.75) is 31.1 Å². The van der Waals surface area contributed by atoms with E-state index >= 15 is 0 Å². The third-order valence-corrected chi connectivity index (χ3v) is 7.25. The van der Waals surface area contributed by atoms with E-state index in [1.165, 1.54) is 42.7 Å². The number of methoxy groups -OCH3 is 1. The summed E-state index contributed by atoms with van der Waals surface area (Å²) in [6, 6.07) is 10.6. The highest BCUT2D eigenvalue weighted by atomic mass is 32.1. The van der Waals surface area contributed by atoms with E-state index in [4.69, 9.17) is 9.47 Å². The van der Waals surface area contributed by atoms with Gasteiger partial charge in [-0.3, -0.25) is 19.7 Å². The smallest absolute Gasteiger partial charge is 0.280 e. The van der Waals surface area contributed by atoms with Gasteiger partial charge in [0.2, 0.25) is 11.3 Å². The van der Waals surface area contributed by atoms with Gasteiger partial charge >= 0.3 is 0 Å². The molecule has 0 spiro atoms. The molecule has 174 valence electrons. The Bertz CT molecular complexity index is 1380. The molecule has 1 aliphatic heterocycles. The van der Waals surface area contributed by atoms with Crippen LogP contribution in [-0.2, 0) is 11.3 Å². The van der Waals surface area contributed by atoms with Gasteiger partial charge < -0.3 is 19.9 Å². The van der Waals surface area contributed by atoms with Gasteiger partial charge in [0.1, 0.15) is 11.3 Å². The van der Waals surface area contributed by atoms with Crippen molar-refractivity contribution >= 4 is 28.7 Å². The number of ether oxygens (including phenoxy) is 2. The summed E-state index contributed by atoms with van der Waals surface area (Å²) in [6.07, 6.45) is 0. The third kappa shape index (κ3) is 2.69. The first kappa shape index (κ1) is 22.1. The predicted octanol–water partition coefficient (Wildman–Crippen LogP) is 3.85. The highest BCUT2D eigenvalue weighted by Crippen LogP contribution is 2.59. The molecule has 0 fully saturated rings. The second kappa shape index (κ2) is 7.37. The fourth-order valence-electron chi connectivity index (χ4n) is 4.71. The average Bonchev–Trinajstić information content (AvgIpc) is 3.43. The van der Waals surface area contributed by atoms with E-state index in [1.54, 1.807) is 23.6 Å². The molecule has 2 unspecified atom stereocenters. The second-order valence-electron chi connectivity index (χ2n) is 8.47. The molecule has 0 saturated carbocycles. The number of nitrogens with one attached hydrogen (secondary N) is 1. The van der Waals surface area contributed by atoms with E-state index in [1.807, 2.05) is 13.8 Å². The Morgan fingerprint density at radius 2 is 2.00 bits per heavy atom. The van der Waals surface area contributed by atoms with E-state index < -0.39 is 33.6 Å². The lowest BCUT2D eigenvalue weighted by Crippen LogP contribution is -2.60. The van der Waals surface area contributed by atoms with Crippen LogP contribution in [0.2, 0.25) is 0 Å². The minimum Gasteiger partial charge on any atom is -0.487 e. The van der Waals surface area contributed by atoms with E-state index in [-0.39, 0.29) is 33.9 Å². The number of nitro benzene ring substituents is 1. The second-order valence-corrected chi connectivity index (χ2v) is 9.35. The summed E-state index contributed by atoms with van der Waals surface area (Å²) in [4.78, 5) is 38.4. The number of hydrogen-bond acceptors (Lipinski definition) is 8. The number of ketones is 1. The summed E-state index contributed by atoms with van der Waals surface area (Å²) in [5, 5.41) is 28.3. The van der Waals surface area contributed by atoms with Crippen LogP contribution in [0.1, 0.15) is 57.2 Å². The molecular formula is C24H20N2O7S. The zero-order valence-electron chi connectivity index (χ0n) is 18.4. The van der Waals surface area contributed by atoms with E-state index in [0.717, 1.165) is 5.56 Å². The summed E-state index contributed by atoms with van der Waals surface area (Å²) in [7, 11) is 1.42. The Kier molecular flexibility index (Phi) is 4.78. The highest BCUT2D eigenvalue weighted by Gasteiger charge is 2.73. The van der Waals surface area contributed by atoms with Crippen molar-refractivity contribution in [1.29, 1.82) is 0 Å². The highest BCUT2D eigenvalue weighted by molar-refractivity contribution is 7.12. The SMILES string of the molecule is COc1sccc1C(=O)NC12C(=O)c3c([N+](=O)[O-])cccc3C1(O)Oc1cc(C(C)C)ccc12. The van der Waals surface area contributed by atoms with Crippen LogP contribution >= 0.6 is 11.3 Å². The molecule has 2 aliphatic rings. The molecule has 1 aliphatic carbocycles. The summed E-state index contributed by atoms with van der Waals surface area (Å²) in [6.45, 7) is 3.97. The number of carbonyl (C=O) groups excluding carboxylic acids is 2. The van der Waals surface area contributed by atoms with Crippen molar-refractivity contribution < 1.29 is 29.1 Å².